The number of amides is 4. The quantitative estimate of drug-likeness (QED) is 0.301. The standard InChI is InChI=1S/C31H44N4O6/c1-8-31(6,7)35(28(39)23(15-17-25(32)37)34-29(40)41-30(3,4)5)26(22-14-16-24(36)20(2)18-22)27(38)33-19-21-12-10-9-11-13-21/h9-14,16,18,23,26,36H,8,15,17,19H2,1-7H3,(H2,32,37)(H,33,38)(H,34,40). The summed E-state index contributed by atoms with van der Waals surface area (Å²) < 4.78 is 5.38. The summed E-state index contributed by atoms with van der Waals surface area (Å²) in [5.41, 5.74) is 5.57. The summed E-state index contributed by atoms with van der Waals surface area (Å²) in [6.45, 7) is 12.6. The van der Waals surface area contributed by atoms with E-state index in [-0.39, 0.29) is 25.1 Å². The maximum Gasteiger partial charge on any atom is 0.408 e. The summed E-state index contributed by atoms with van der Waals surface area (Å²) in [5.74, 6) is -1.61. The van der Waals surface area contributed by atoms with Gasteiger partial charge in [0.2, 0.25) is 17.7 Å². The summed E-state index contributed by atoms with van der Waals surface area (Å²) in [5, 5.41) is 15.7. The van der Waals surface area contributed by atoms with Crippen LogP contribution in [0.3, 0.4) is 0 Å². The van der Waals surface area contributed by atoms with Gasteiger partial charge in [0.25, 0.3) is 0 Å². The van der Waals surface area contributed by atoms with Crippen LogP contribution in [0, 0.1) is 6.92 Å². The van der Waals surface area contributed by atoms with Crippen LogP contribution < -0.4 is 16.4 Å². The van der Waals surface area contributed by atoms with Crippen molar-refractivity contribution in [2.24, 2.45) is 5.73 Å². The summed E-state index contributed by atoms with van der Waals surface area (Å²) in [6.07, 6.45) is -0.625. The fraction of sp³-hybridized carbons (Fsp3) is 0.484. The topological polar surface area (TPSA) is 151 Å². The number of primary amides is 1. The average molecular weight is 569 g/mol. The lowest BCUT2D eigenvalue weighted by Crippen LogP contribution is -2.59. The minimum atomic E-state index is -1.20. The number of aryl methyl sites for hydroxylation is 1. The van der Waals surface area contributed by atoms with Gasteiger partial charge >= 0.3 is 6.09 Å². The Morgan fingerprint density at radius 2 is 1.66 bits per heavy atom. The monoisotopic (exact) mass is 568 g/mol. The highest BCUT2D eigenvalue weighted by atomic mass is 16.6. The van der Waals surface area contributed by atoms with Gasteiger partial charge in [-0.3, -0.25) is 14.4 Å². The zero-order valence-electron chi connectivity index (χ0n) is 25.1. The van der Waals surface area contributed by atoms with Crippen molar-refractivity contribution in [3.63, 3.8) is 0 Å². The molecule has 4 amide bonds. The summed E-state index contributed by atoms with van der Waals surface area (Å²) >= 11 is 0. The number of phenols is 1. The highest BCUT2D eigenvalue weighted by molar-refractivity contribution is 5.93. The summed E-state index contributed by atoms with van der Waals surface area (Å²) in [7, 11) is 0. The van der Waals surface area contributed by atoms with E-state index in [9.17, 15) is 24.3 Å². The number of hydrogen-bond donors (Lipinski definition) is 4. The lowest BCUT2D eigenvalue weighted by molar-refractivity contribution is -0.149. The molecule has 224 valence electrons. The third kappa shape index (κ3) is 9.81. The molecular weight excluding hydrogens is 524 g/mol. The molecule has 0 spiro atoms. The van der Waals surface area contributed by atoms with E-state index in [1.807, 2.05) is 51.1 Å². The van der Waals surface area contributed by atoms with Crippen LogP contribution in [0.15, 0.2) is 48.5 Å². The third-order valence-corrected chi connectivity index (χ3v) is 6.78. The van der Waals surface area contributed by atoms with Crippen molar-refractivity contribution in [1.82, 2.24) is 15.5 Å². The van der Waals surface area contributed by atoms with Crippen LogP contribution in [-0.2, 0) is 25.7 Å². The number of carbonyl (C=O) groups is 4. The van der Waals surface area contributed by atoms with E-state index in [1.54, 1.807) is 39.8 Å². The molecule has 0 bridgehead atoms. The smallest absolute Gasteiger partial charge is 0.408 e. The number of ether oxygens (including phenoxy) is 1. The van der Waals surface area contributed by atoms with Crippen LogP contribution in [0.2, 0.25) is 0 Å². The summed E-state index contributed by atoms with van der Waals surface area (Å²) in [4.78, 5) is 54.2. The van der Waals surface area contributed by atoms with Crippen LogP contribution in [0.1, 0.15) is 83.5 Å². The van der Waals surface area contributed by atoms with E-state index in [4.69, 9.17) is 10.5 Å². The first kappa shape index (κ1) is 33.1. The zero-order chi connectivity index (χ0) is 31.0. The molecule has 2 aromatic rings. The van der Waals surface area contributed by atoms with Gasteiger partial charge < -0.3 is 31.1 Å². The Kier molecular flexibility index (Phi) is 11.3. The van der Waals surface area contributed by atoms with Crippen molar-refractivity contribution in [3.8, 4) is 5.75 Å². The molecule has 5 N–H and O–H groups in total. The fourth-order valence-electron chi connectivity index (χ4n) is 4.26. The highest BCUT2D eigenvalue weighted by Crippen LogP contribution is 2.34. The number of rotatable bonds is 12. The molecule has 2 aromatic carbocycles. The number of benzene rings is 2. The van der Waals surface area contributed by atoms with E-state index in [1.165, 1.54) is 11.0 Å². The van der Waals surface area contributed by atoms with Crippen molar-refractivity contribution >= 4 is 23.8 Å². The Balaban J connectivity index is 2.61. The normalized spacial score (nSPS) is 13.0. The van der Waals surface area contributed by atoms with Crippen molar-refractivity contribution < 1.29 is 29.0 Å². The van der Waals surface area contributed by atoms with Crippen molar-refractivity contribution in [1.29, 1.82) is 0 Å². The molecule has 0 saturated carbocycles. The van der Waals surface area contributed by atoms with Crippen LogP contribution >= 0.6 is 0 Å². The molecule has 0 saturated heterocycles. The lowest BCUT2D eigenvalue weighted by atomic mass is 9.91. The van der Waals surface area contributed by atoms with Gasteiger partial charge in [0.1, 0.15) is 23.4 Å². The average Bonchev–Trinajstić information content (AvgIpc) is 2.88. The van der Waals surface area contributed by atoms with Crippen molar-refractivity contribution in [3.05, 3.63) is 65.2 Å². The first-order chi connectivity index (χ1) is 19.1. The number of hydrogen-bond acceptors (Lipinski definition) is 6. The molecule has 0 aliphatic carbocycles. The number of aromatic hydroxyl groups is 1. The van der Waals surface area contributed by atoms with E-state index >= 15 is 0 Å². The second kappa shape index (κ2) is 14.0. The van der Waals surface area contributed by atoms with Crippen LogP contribution in [0.5, 0.6) is 5.75 Å². The predicted octanol–water partition coefficient (Wildman–Crippen LogP) is 4.23. The number of nitrogens with zero attached hydrogens (tertiary/aromatic N) is 1. The van der Waals surface area contributed by atoms with E-state index < -0.39 is 47.0 Å². The van der Waals surface area contributed by atoms with Gasteiger partial charge in [-0.25, -0.2) is 4.79 Å². The first-order valence-corrected chi connectivity index (χ1v) is 13.8. The molecule has 2 atom stereocenters. The fourth-order valence-corrected chi connectivity index (χ4v) is 4.26. The van der Waals surface area contributed by atoms with Crippen molar-refractivity contribution in [2.75, 3.05) is 0 Å². The number of nitrogens with two attached hydrogens (primary N) is 1. The van der Waals surface area contributed by atoms with Gasteiger partial charge in [-0.2, -0.15) is 0 Å². The molecule has 0 fully saturated rings. The summed E-state index contributed by atoms with van der Waals surface area (Å²) in [6, 6.07) is 11.8. The molecule has 0 aliphatic rings. The number of phenolic OH excluding ortho intramolecular Hbond substituents is 1. The van der Waals surface area contributed by atoms with E-state index in [2.05, 4.69) is 10.6 Å². The van der Waals surface area contributed by atoms with E-state index in [0.29, 0.717) is 17.5 Å². The molecule has 2 unspecified atom stereocenters. The van der Waals surface area contributed by atoms with Crippen LogP contribution in [0.4, 0.5) is 4.79 Å². The molecule has 0 aromatic heterocycles. The van der Waals surface area contributed by atoms with Crippen LogP contribution in [-0.4, -0.2) is 51.0 Å². The van der Waals surface area contributed by atoms with Gasteiger partial charge in [0, 0.05) is 18.5 Å². The molecule has 0 heterocycles. The number of carbonyl (C=O) groups excluding carboxylic acids is 4. The third-order valence-electron chi connectivity index (χ3n) is 6.78. The SMILES string of the molecule is CCC(C)(C)N(C(=O)C(CCC(N)=O)NC(=O)OC(C)(C)C)C(C(=O)NCc1ccccc1)c1ccc(O)c(C)c1. The second-order valence-electron chi connectivity index (χ2n) is 11.7. The Morgan fingerprint density at radius 1 is 1.02 bits per heavy atom. The van der Waals surface area contributed by atoms with Crippen molar-refractivity contribution in [2.45, 2.75) is 97.5 Å². The minimum absolute atomic E-state index is 0.0516. The van der Waals surface area contributed by atoms with Gasteiger partial charge in [-0.05, 0) is 83.2 Å². The maximum absolute atomic E-state index is 14.4. The Hall–Kier alpha value is -4.08. The van der Waals surface area contributed by atoms with Crippen LogP contribution in [0.25, 0.3) is 0 Å². The zero-order valence-corrected chi connectivity index (χ0v) is 25.1. The molecule has 0 radical (unpaired) electrons. The number of nitrogens with one attached hydrogen (secondary N) is 2. The Bertz CT molecular complexity index is 1220. The molecule has 10 heteroatoms. The predicted molar refractivity (Wildman–Crippen MR) is 157 cm³/mol. The van der Waals surface area contributed by atoms with Gasteiger partial charge in [0.05, 0.1) is 0 Å². The van der Waals surface area contributed by atoms with Gasteiger partial charge in [-0.15, -0.1) is 0 Å². The lowest BCUT2D eigenvalue weighted by Gasteiger charge is -2.44. The van der Waals surface area contributed by atoms with Gasteiger partial charge in [-0.1, -0.05) is 43.3 Å². The van der Waals surface area contributed by atoms with Gasteiger partial charge in [0.15, 0.2) is 0 Å². The Morgan fingerprint density at radius 3 is 2.20 bits per heavy atom. The molecular formula is C31H44N4O6. The highest BCUT2D eigenvalue weighted by Gasteiger charge is 2.43. The second-order valence-corrected chi connectivity index (χ2v) is 11.7. The maximum atomic E-state index is 14.4. The minimum Gasteiger partial charge on any atom is -0.508 e. The molecule has 41 heavy (non-hydrogen) atoms. The molecule has 10 nitrogen and oxygen atoms in total. The molecule has 0 aliphatic heterocycles. The van der Waals surface area contributed by atoms with E-state index in [0.717, 1.165) is 5.56 Å². The molecule has 2 rings (SSSR count). The largest absolute Gasteiger partial charge is 0.508 e. The first-order valence-electron chi connectivity index (χ1n) is 13.8. The number of alkyl carbamates (subject to hydrolysis) is 1. The Labute approximate surface area is 242 Å².